The van der Waals surface area contributed by atoms with Gasteiger partial charge in [-0.05, 0) is 12.3 Å². The summed E-state index contributed by atoms with van der Waals surface area (Å²) < 4.78 is 26.5. The lowest BCUT2D eigenvalue weighted by atomic mass is 10.2. The van der Waals surface area contributed by atoms with Crippen molar-refractivity contribution in [1.29, 1.82) is 0 Å². The molecule has 1 aliphatic rings. The van der Waals surface area contributed by atoms with Gasteiger partial charge in [0.05, 0.1) is 0 Å². The van der Waals surface area contributed by atoms with Crippen LogP contribution in [0.2, 0.25) is 0 Å². The maximum Gasteiger partial charge on any atom is 0.281 e. The topological polar surface area (TPSA) is 40.6 Å². The summed E-state index contributed by atoms with van der Waals surface area (Å²) in [5.74, 6) is 0.702. The fourth-order valence-electron chi connectivity index (χ4n) is 1.48. The predicted octanol–water partition coefficient (Wildman–Crippen LogP) is 0.744. The third-order valence-electron chi connectivity index (χ3n) is 2.38. The molecular formula is C8H17ClN2O2S. The van der Waals surface area contributed by atoms with Crippen LogP contribution in [0, 0.1) is 5.92 Å². The number of alkyl halides is 1. The highest BCUT2D eigenvalue weighted by atomic mass is 35.5. The Morgan fingerprint density at radius 2 is 2.07 bits per heavy atom. The fourth-order valence-corrected chi connectivity index (χ4v) is 3.13. The second-order valence-corrected chi connectivity index (χ2v) is 6.14. The number of rotatable bonds is 3. The Hall–Kier alpha value is 0.160. The van der Waals surface area contributed by atoms with Crippen LogP contribution < -0.4 is 0 Å². The molecule has 1 fully saturated rings. The van der Waals surface area contributed by atoms with Crippen molar-refractivity contribution in [2.24, 2.45) is 5.92 Å². The molecular weight excluding hydrogens is 224 g/mol. The second kappa shape index (κ2) is 4.79. The van der Waals surface area contributed by atoms with Crippen molar-refractivity contribution < 1.29 is 8.42 Å². The van der Waals surface area contributed by atoms with Crippen molar-refractivity contribution >= 4 is 21.8 Å². The van der Waals surface area contributed by atoms with E-state index in [1.54, 1.807) is 7.05 Å². The fraction of sp³-hybridized carbons (Fsp3) is 1.00. The highest BCUT2D eigenvalue weighted by Gasteiger charge is 2.31. The van der Waals surface area contributed by atoms with Crippen LogP contribution >= 0.6 is 11.6 Å². The first-order valence-electron chi connectivity index (χ1n) is 4.76. The third kappa shape index (κ3) is 2.59. The van der Waals surface area contributed by atoms with E-state index in [0.717, 1.165) is 6.42 Å². The van der Waals surface area contributed by atoms with Gasteiger partial charge in [-0.2, -0.15) is 17.0 Å². The lowest BCUT2D eigenvalue weighted by Gasteiger charge is -2.33. The van der Waals surface area contributed by atoms with E-state index in [0.29, 0.717) is 25.5 Å². The lowest BCUT2D eigenvalue weighted by Crippen LogP contribution is -2.49. The summed E-state index contributed by atoms with van der Waals surface area (Å²) in [6.45, 7) is 3.72. The summed E-state index contributed by atoms with van der Waals surface area (Å²) in [5.41, 5.74) is 0. The highest BCUT2D eigenvalue weighted by molar-refractivity contribution is 7.86. The van der Waals surface area contributed by atoms with Gasteiger partial charge in [-0.15, -0.1) is 11.6 Å². The van der Waals surface area contributed by atoms with Crippen molar-refractivity contribution in [2.75, 3.05) is 32.6 Å². The minimum absolute atomic E-state index is 0.206. The first kappa shape index (κ1) is 12.2. The van der Waals surface area contributed by atoms with E-state index in [9.17, 15) is 8.42 Å². The largest absolute Gasteiger partial charge is 0.281 e. The van der Waals surface area contributed by atoms with Gasteiger partial charge in [0.15, 0.2) is 0 Å². The lowest BCUT2D eigenvalue weighted by molar-refractivity contribution is 0.288. The minimum Gasteiger partial charge on any atom is -0.195 e. The summed E-state index contributed by atoms with van der Waals surface area (Å²) >= 11 is 5.67. The molecule has 1 aliphatic heterocycles. The van der Waals surface area contributed by atoms with Gasteiger partial charge in [-0.1, -0.05) is 6.92 Å². The van der Waals surface area contributed by atoms with Gasteiger partial charge in [0.1, 0.15) is 0 Å². The van der Waals surface area contributed by atoms with Crippen molar-refractivity contribution in [1.82, 2.24) is 8.61 Å². The van der Waals surface area contributed by atoms with E-state index in [-0.39, 0.29) is 5.92 Å². The molecule has 1 unspecified atom stereocenters. The van der Waals surface area contributed by atoms with E-state index in [4.69, 9.17) is 11.6 Å². The molecule has 0 aromatic rings. The van der Waals surface area contributed by atoms with Gasteiger partial charge >= 0.3 is 0 Å². The second-order valence-electron chi connectivity index (χ2n) is 3.80. The van der Waals surface area contributed by atoms with Crippen LogP contribution in [0.1, 0.15) is 13.3 Å². The number of hydrogen-bond acceptors (Lipinski definition) is 2. The van der Waals surface area contributed by atoms with E-state index in [2.05, 4.69) is 0 Å². The van der Waals surface area contributed by atoms with Crippen molar-refractivity contribution in [3.63, 3.8) is 0 Å². The summed E-state index contributed by atoms with van der Waals surface area (Å²) in [4.78, 5) is 0. The van der Waals surface area contributed by atoms with Gasteiger partial charge in [0, 0.05) is 32.6 Å². The molecule has 14 heavy (non-hydrogen) atoms. The maximum atomic E-state index is 11.8. The molecule has 0 bridgehead atoms. The molecule has 0 amide bonds. The van der Waals surface area contributed by atoms with Crippen LogP contribution in [-0.2, 0) is 10.2 Å². The molecule has 0 spiro atoms. The molecule has 0 aliphatic carbocycles. The molecule has 0 radical (unpaired) electrons. The summed E-state index contributed by atoms with van der Waals surface area (Å²) in [5, 5.41) is 0. The Kier molecular flexibility index (Phi) is 4.18. The van der Waals surface area contributed by atoms with E-state index < -0.39 is 10.2 Å². The highest BCUT2D eigenvalue weighted by Crippen LogP contribution is 2.16. The monoisotopic (exact) mass is 240 g/mol. The van der Waals surface area contributed by atoms with E-state index >= 15 is 0 Å². The Morgan fingerprint density at radius 3 is 2.64 bits per heavy atom. The molecule has 1 atom stereocenters. The molecule has 1 rings (SSSR count). The van der Waals surface area contributed by atoms with Crippen molar-refractivity contribution in [3.05, 3.63) is 0 Å². The van der Waals surface area contributed by atoms with Crippen molar-refractivity contribution in [3.8, 4) is 0 Å². The molecule has 0 aromatic heterocycles. The third-order valence-corrected chi connectivity index (χ3v) is 4.86. The van der Waals surface area contributed by atoms with Crippen LogP contribution in [0.25, 0.3) is 0 Å². The Balaban J connectivity index is 2.68. The Labute approximate surface area is 91.0 Å². The zero-order chi connectivity index (χ0) is 10.8. The predicted molar refractivity (Wildman–Crippen MR) is 57.6 cm³/mol. The van der Waals surface area contributed by atoms with Gasteiger partial charge < -0.3 is 0 Å². The molecule has 0 N–H and O–H groups in total. The smallest absolute Gasteiger partial charge is 0.195 e. The summed E-state index contributed by atoms with van der Waals surface area (Å²) in [6.07, 6.45) is 0.894. The molecule has 1 heterocycles. The Bertz CT molecular complexity index is 281. The van der Waals surface area contributed by atoms with Gasteiger partial charge in [-0.25, -0.2) is 0 Å². The maximum absolute atomic E-state index is 11.8. The van der Waals surface area contributed by atoms with Crippen LogP contribution in [0.15, 0.2) is 0 Å². The normalized spacial score (nSPS) is 26.2. The molecule has 0 saturated carbocycles. The molecule has 0 aromatic carbocycles. The number of nitrogens with zero attached hydrogens (tertiary/aromatic N) is 2. The van der Waals surface area contributed by atoms with Crippen LogP contribution in [-0.4, -0.2) is 49.6 Å². The molecule has 4 nitrogen and oxygen atoms in total. The zero-order valence-corrected chi connectivity index (χ0v) is 10.2. The first-order valence-corrected chi connectivity index (χ1v) is 6.69. The Morgan fingerprint density at radius 1 is 1.43 bits per heavy atom. The van der Waals surface area contributed by atoms with Crippen molar-refractivity contribution in [2.45, 2.75) is 13.3 Å². The van der Waals surface area contributed by atoms with Gasteiger partial charge in [0.25, 0.3) is 10.2 Å². The number of hydrogen-bond donors (Lipinski definition) is 0. The average Bonchev–Trinajstić information content (AvgIpc) is 2.13. The average molecular weight is 241 g/mol. The molecule has 1 saturated heterocycles. The van der Waals surface area contributed by atoms with E-state index in [1.807, 2.05) is 6.92 Å². The standard InChI is InChI=1S/C8H17ClN2O2S/c1-8(6-9)7-11-5-3-4-10(2)14(11,12)13/h8H,3-7H2,1-2H3. The minimum atomic E-state index is -3.20. The molecule has 84 valence electrons. The summed E-state index contributed by atoms with van der Waals surface area (Å²) in [6, 6.07) is 0. The zero-order valence-electron chi connectivity index (χ0n) is 8.61. The number of halogens is 1. The quantitative estimate of drug-likeness (QED) is 0.683. The summed E-state index contributed by atoms with van der Waals surface area (Å²) in [7, 11) is -1.58. The van der Waals surface area contributed by atoms with Crippen LogP contribution in [0.4, 0.5) is 0 Å². The van der Waals surface area contributed by atoms with Crippen LogP contribution in [0.3, 0.4) is 0 Å². The SMILES string of the molecule is CC(CCl)CN1CCCN(C)S1(=O)=O. The van der Waals surface area contributed by atoms with E-state index in [1.165, 1.54) is 8.61 Å². The first-order chi connectivity index (χ1) is 6.48. The molecule has 6 heteroatoms. The van der Waals surface area contributed by atoms with Crippen LogP contribution in [0.5, 0.6) is 0 Å². The van der Waals surface area contributed by atoms with Gasteiger partial charge in [0.2, 0.25) is 0 Å². The van der Waals surface area contributed by atoms with Gasteiger partial charge in [-0.3, -0.25) is 0 Å².